The maximum atomic E-state index is 12.0. The Balaban J connectivity index is 1.52. The summed E-state index contributed by atoms with van der Waals surface area (Å²) in [4.78, 5) is 25.6. The fraction of sp³-hybridized carbons (Fsp3) is 0.500. The van der Waals surface area contributed by atoms with Crippen molar-refractivity contribution in [2.75, 3.05) is 37.8 Å². The molecular weight excluding hydrogens is 284 g/mol. The first kappa shape index (κ1) is 14.8. The van der Waals surface area contributed by atoms with Gasteiger partial charge in [-0.05, 0) is 18.6 Å². The molecule has 22 heavy (non-hydrogen) atoms. The van der Waals surface area contributed by atoms with Gasteiger partial charge in [-0.15, -0.1) is 0 Å². The van der Waals surface area contributed by atoms with Gasteiger partial charge in [-0.25, -0.2) is 0 Å². The smallest absolute Gasteiger partial charge is 0.265 e. The van der Waals surface area contributed by atoms with Crippen LogP contribution in [0, 0.1) is 5.92 Å². The molecule has 2 heterocycles. The highest BCUT2D eigenvalue weighted by Gasteiger charge is 2.25. The molecule has 1 aromatic rings. The van der Waals surface area contributed by atoms with E-state index in [0.29, 0.717) is 24.8 Å². The van der Waals surface area contributed by atoms with Crippen LogP contribution in [-0.4, -0.2) is 44.7 Å². The molecule has 0 aromatic heterocycles. The third kappa shape index (κ3) is 3.39. The topological polar surface area (TPSA) is 67.9 Å². The highest BCUT2D eigenvalue weighted by atomic mass is 16.5. The van der Waals surface area contributed by atoms with Crippen molar-refractivity contribution >= 4 is 17.5 Å². The van der Waals surface area contributed by atoms with E-state index >= 15 is 0 Å². The first-order valence-corrected chi connectivity index (χ1v) is 7.60. The van der Waals surface area contributed by atoms with Crippen molar-refractivity contribution in [1.82, 2.24) is 5.32 Å². The van der Waals surface area contributed by atoms with Gasteiger partial charge in [0, 0.05) is 32.0 Å². The molecule has 1 fully saturated rings. The minimum Gasteiger partial charge on any atom is -0.482 e. The summed E-state index contributed by atoms with van der Waals surface area (Å²) in [6, 6.07) is 7.38. The van der Waals surface area contributed by atoms with Gasteiger partial charge < -0.3 is 19.7 Å². The number of amides is 2. The van der Waals surface area contributed by atoms with E-state index in [1.807, 2.05) is 24.3 Å². The molecule has 1 aromatic carbocycles. The zero-order chi connectivity index (χ0) is 15.4. The minimum absolute atomic E-state index is 0.0258. The van der Waals surface area contributed by atoms with Crippen LogP contribution in [0.4, 0.5) is 5.69 Å². The summed E-state index contributed by atoms with van der Waals surface area (Å²) >= 11 is 0. The fourth-order valence-corrected chi connectivity index (χ4v) is 2.70. The molecule has 0 saturated carbocycles. The number of nitrogens with one attached hydrogen (secondary N) is 1. The third-order valence-corrected chi connectivity index (χ3v) is 3.98. The monoisotopic (exact) mass is 304 g/mol. The lowest BCUT2D eigenvalue weighted by Gasteiger charge is -2.29. The molecule has 0 radical (unpaired) electrons. The van der Waals surface area contributed by atoms with Gasteiger partial charge in [-0.2, -0.15) is 0 Å². The van der Waals surface area contributed by atoms with Crippen molar-refractivity contribution in [3.8, 4) is 5.75 Å². The maximum Gasteiger partial charge on any atom is 0.265 e. The fourth-order valence-electron chi connectivity index (χ4n) is 2.70. The SMILES string of the molecule is O=C(CCN1C(=O)COc2ccccc21)NCC1CCOC1. The van der Waals surface area contributed by atoms with Crippen LogP contribution in [0.15, 0.2) is 24.3 Å². The second-order valence-electron chi connectivity index (χ2n) is 5.59. The predicted octanol–water partition coefficient (Wildman–Crippen LogP) is 0.955. The van der Waals surface area contributed by atoms with Gasteiger partial charge in [0.1, 0.15) is 5.75 Å². The van der Waals surface area contributed by atoms with Crippen LogP contribution >= 0.6 is 0 Å². The molecule has 1 atom stereocenters. The largest absolute Gasteiger partial charge is 0.482 e. The molecule has 2 aliphatic rings. The molecule has 1 N–H and O–H groups in total. The Morgan fingerprint density at radius 2 is 2.23 bits per heavy atom. The molecule has 0 aliphatic carbocycles. The first-order valence-electron chi connectivity index (χ1n) is 7.60. The summed E-state index contributed by atoms with van der Waals surface area (Å²) in [5.74, 6) is 0.944. The quantitative estimate of drug-likeness (QED) is 0.879. The van der Waals surface area contributed by atoms with Crippen molar-refractivity contribution in [3.05, 3.63) is 24.3 Å². The van der Waals surface area contributed by atoms with Crippen LogP contribution in [0.25, 0.3) is 0 Å². The molecule has 118 valence electrons. The van der Waals surface area contributed by atoms with Crippen LogP contribution in [0.1, 0.15) is 12.8 Å². The Labute approximate surface area is 129 Å². The lowest BCUT2D eigenvalue weighted by atomic mass is 10.1. The number of carbonyl (C=O) groups excluding carboxylic acids is 2. The van der Waals surface area contributed by atoms with Crippen molar-refractivity contribution in [1.29, 1.82) is 0 Å². The van der Waals surface area contributed by atoms with Gasteiger partial charge in [-0.3, -0.25) is 9.59 Å². The van der Waals surface area contributed by atoms with Crippen LogP contribution in [0.3, 0.4) is 0 Å². The van der Waals surface area contributed by atoms with Gasteiger partial charge in [0.2, 0.25) is 5.91 Å². The highest BCUT2D eigenvalue weighted by Crippen LogP contribution is 2.31. The number of carbonyl (C=O) groups is 2. The Morgan fingerprint density at radius 1 is 1.36 bits per heavy atom. The van der Waals surface area contributed by atoms with E-state index in [2.05, 4.69) is 5.32 Å². The van der Waals surface area contributed by atoms with E-state index in [9.17, 15) is 9.59 Å². The molecular formula is C16H20N2O4. The molecule has 0 bridgehead atoms. The van der Waals surface area contributed by atoms with E-state index in [1.165, 1.54) is 0 Å². The number of hydrogen-bond donors (Lipinski definition) is 1. The van der Waals surface area contributed by atoms with Crippen molar-refractivity contribution < 1.29 is 19.1 Å². The number of rotatable bonds is 5. The Hall–Kier alpha value is -2.08. The number of anilines is 1. The van der Waals surface area contributed by atoms with Crippen LogP contribution in [-0.2, 0) is 14.3 Å². The van der Waals surface area contributed by atoms with E-state index in [-0.39, 0.29) is 24.8 Å². The lowest BCUT2D eigenvalue weighted by molar-refractivity contribution is -0.122. The average Bonchev–Trinajstić information content (AvgIpc) is 3.05. The number of nitrogens with zero attached hydrogens (tertiary/aromatic N) is 1. The van der Waals surface area contributed by atoms with Crippen LogP contribution in [0.2, 0.25) is 0 Å². The van der Waals surface area contributed by atoms with Gasteiger partial charge in [0.05, 0.1) is 12.3 Å². The van der Waals surface area contributed by atoms with E-state index in [0.717, 1.165) is 25.3 Å². The third-order valence-electron chi connectivity index (χ3n) is 3.98. The van der Waals surface area contributed by atoms with Crippen LogP contribution in [0.5, 0.6) is 5.75 Å². The number of hydrogen-bond acceptors (Lipinski definition) is 4. The summed E-state index contributed by atoms with van der Waals surface area (Å²) in [5.41, 5.74) is 0.732. The zero-order valence-electron chi connectivity index (χ0n) is 12.4. The van der Waals surface area contributed by atoms with Crippen molar-refractivity contribution in [2.24, 2.45) is 5.92 Å². The standard InChI is InChI=1S/C16H20N2O4/c19-15(17-9-12-6-8-21-10-12)5-7-18-13-3-1-2-4-14(13)22-11-16(18)20/h1-4,12H,5-11H2,(H,17,19). The summed E-state index contributed by atoms with van der Waals surface area (Å²) < 4.78 is 10.7. The lowest BCUT2D eigenvalue weighted by Crippen LogP contribution is -2.41. The molecule has 1 unspecified atom stereocenters. The van der Waals surface area contributed by atoms with Crippen molar-refractivity contribution in [2.45, 2.75) is 12.8 Å². The van der Waals surface area contributed by atoms with Gasteiger partial charge >= 0.3 is 0 Å². The second kappa shape index (κ2) is 6.79. The Morgan fingerprint density at radius 3 is 3.05 bits per heavy atom. The van der Waals surface area contributed by atoms with E-state index in [1.54, 1.807) is 4.90 Å². The number of fused-ring (bicyclic) bond motifs is 1. The average molecular weight is 304 g/mol. The number of benzene rings is 1. The van der Waals surface area contributed by atoms with Crippen molar-refractivity contribution in [3.63, 3.8) is 0 Å². The summed E-state index contributed by atoms with van der Waals surface area (Å²) in [6.45, 7) is 2.53. The molecule has 6 heteroatoms. The zero-order valence-corrected chi connectivity index (χ0v) is 12.4. The summed E-state index contributed by atoms with van der Waals surface area (Å²) in [7, 11) is 0. The summed E-state index contributed by atoms with van der Waals surface area (Å²) in [6.07, 6.45) is 1.28. The van der Waals surface area contributed by atoms with E-state index in [4.69, 9.17) is 9.47 Å². The minimum atomic E-state index is -0.115. The summed E-state index contributed by atoms with van der Waals surface area (Å²) in [5, 5.41) is 2.91. The predicted molar refractivity (Wildman–Crippen MR) is 80.8 cm³/mol. The molecule has 3 rings (SSSR count). The maximum absolute atomic E-state index is 12.0. The first-order chi connectivity index (χ1) is 10.7. The van der Waals surface area contributed by atoms with E-state index < -0.39 is 0 Å². The Bertz CT molecular complexity index is 555. The Kier molecular flexibility index (Phi) is 4.58. The number of para-hydroxylation sites is 2. The van der Waals surface area contributed by atoms with Gasteiger partial charge in [-0.1, -0.05) is 12.1 Å². The molecule has 2 amide bonds. The normalized spacial score (nSPS) is 20.5. The molecule has 0 spiro atoms. The second-order valence-corrected chi connectivity index (χ2v) is 5.59. The molecule has 2 aliphatic heterocycles. The number of ether oxygens (including phenoxy) is 2. The molecule has 6 nitrogen and oxygen atoms in total. The van der Waals surface area contributed by atoms with Gasteiger partial charge in [0.25, 0.3) is 5.91 Å². The van der Waals surface area contributed by atoms with Crippen LogP contribution < -0.4 is 15.0 Å². The molecule has 1 saturated heterocycles. The highest BCUT2D eigenvalue weighted by molar-refractivity contribution is 5.98. The van der Waals surface area contributed by atoms with Gasteiger partial charge in [0.15, 0.2) is 6.61 Å².